The number of nitrogens with zero attached hydrogens (tertiary/aromatic N) is 3. The van der Waals surface area contributed by atoms with Gasteiger partial charge in [-0.2, -0.15) is 18.4 Å². The van der Waals surface area contributed by atoms with Crippen molar-refractivity contribution in [3.63, 3.8) is 0 Å². The predicted octanol–water partition coefficient (Wildman–Crippen LogP) is 3.00. The zero-order valence-electron chi connectivity index (χ0n) is 11.4. The van der Waals surface area contributed by atoms with E-state index >= 15 is 0 Å². The van der Waals surface area contributed by atoms with Gasteiger partial charge in [0.15, 0.2) is 0 Å². The van der Waals surface area contributed by atoms with E-state index in [1.54, 1.807) is 36.6 Å². The summed E-state index contributed by atoms with van der Waals surface area (Å²) in [4.78, 5) is 5.42. The van der Waals surface area contributed by atoms with E-state index in [9.17, 15) is 13.2 Å². The summed E-state index contributed by atoms with van der Waals surface area (Å²) < 4.78 is 37.1. The van der Waals surface area contributed by atoms with Crippen LogP contribution in [0.4, 0.5) is 18.9 Å². The van der Waals surface area contributed by atoms with Crippen molar-refractivity contribution in [2.45, 2.75) is 19.4 Å². The van der Waals surface area contributed by atoms with Crippen LogP contribution in [0.1, 0.15) is 12.6 Å². The van der Waals surface area contributed by atoms with Crippen LogP contribution in [0.25, 0.3) is 10.8 Å². The zero-order chi connectivity index (χ0) is 15.6. The minimum Gasteiger partial charge on any atom is -0.359 e. The molecular formula is C14H13F3N4. The molecule has 1 aromatic carbocycles. The number of rotatable bonds is 3. The van der Waals surface area contributed by atoms with Gasteiger partial charge in [-0.1, -0.05) is 0 Å². The molecule has 21 heavy (non-hydrogen) atoms. The summed E-state index contributed by atoms with van der Waals surface area (Å²) in [5.74, 6) is 0. The van der Waals surface area contributed by atoms with Gasteiger partial charge >= 0.3 is 6.30 Å². The molecule has 2 rings (SSSR count). The largest absolute Gasteiger partial charge is 0.458 e. The van der Waals surface area contributed by atoms with E-state index in [1.165, 1.54) is 18.0 Å². The van der Waals surface area contributed by atoms with E-state index in [2.05, 4.69) is 4.98 Å². The van der Waals surface area contributed by atoms with Crippen molar-refractivity contribution in [3.05, 3.63) is 36.2 Å². The summed E-state index contributed by atoms with van der Waals surface area (Å²) in [7, 11) is 1.57. The maximum atomic E-state index is 12.4. The van der Waals surface area contributed by atoms with Crippen LogP contribution in [0.15, 0.2) is 30.5 Å². The average molecular weight is 294 g/mol. The summed E-state index contributed by atoms with van der Waals surface area (Å²) >= 11 is 0. The van der Waals surface area contributed by atoms with Crippen molar-refractivity contribution in [1.29, 1.82) is 5.26 Å². The number of aromatic nitrogens is 1. The van der Waals surface area contributed by atoms with Gasteiger partial charge in [-0.05, 0) is 36.6 Å². The lowest BCUT2D eigenvalue weighted by Gasteiger charge is -2.28. The highest BCUT2D eigenvalue weighted by atomic mass is 19.4. The van der Waals surface area contributed by atoms with Crippen molar-refractivity contribution in [3.8, 4) is 6.07 Å². The van der Waals surface area contributed by atoms with Gasteiger partial charge in [-0.3, -0.25) is 0 Å². The quantitative estimate of drug-likeness (QED) is 0.698. The average Bonchev–Trinajstić information content (AvgIpc) is 2.43. The molecule has 4 nitrogen and oxygen atoms in total. The Morgan fingerprint density at radius 1 is 1.33 bits per heavy atom. The van der Waals surface area contributed by atoms with E-state index in [-0.39, 0.29) is 0 Å². The Kier molecular flexibility index (Phi) is 4.00. The van der Waals surface area contributed by atoms with Gasteiger partial charge in [0, 0.05) is 24.3 Å². The van der Waals surface area contributed by atoms with E-state index in [0.717, 1.165) is 5.39 Å². The number of fused-ring (bicyclic) bond motifs is 1. The molecule has 0 bridgehead atoms. The number of hydrogen-bond acceptors (Lipinski definition) is 4. The maximum absolute atomic E-state index is 12.4. The Bertz CT molecular complexity index is 691. The summed E-state index contributed by atoms with van der Waals surface area (Å²) in [6, 6.07) is 8.79. The molecule has 0 spiro atoms. The molecule has 1 heterocycles. The molecule has 0 aliphatic heterocycles. The molecule has 1 atom stereocenters. The van der Waals surface area contributed by atoms with E-state index in [0.29, 0.717) is 16.8 Å². The third kappa shape index (κ3) is 3.41. The number of pyridine rings is 1. The van der Waals surface area contributed by atoms with Gasteiger partial charge in [0.25, 0.3) is 0 Å². The SMILES string of the molecule is C[C@H](NC(F)(F)F)N(C)c1ccc2c(C#N)nccc2c1. The fourth-order valence-corrected chi connectivity index (χ4v) is 2.03. The monoisotopic (exact) mass is 294 g/mol. The summed E-state index contributed by atoms with van der Waals surface area (Å²) in [5.41, 5.74) is 0.907. The molecule has 2 aromatic rings. The maximum Gasteiger partial charge on any atom is 0.458 e. The Hall–Kier alpha value is -2.33. The highest BCUT2D eigenvalue weighted by Gasteiger charge is 2.30. The van der Waals surface area contributed by atoms with Gasteiger partial charge in [0.2, 0.25) is 0 Å². The molecular weight excluding hydrogens is 281 g/mol. The lowest BCUT2D eigenvalue weighted by molar-refractivity contribution is -0.162. The van der Waals surface area contributed by atoms with Crippen LogP contribution in [0.5, 0.6) is 0 Å². The van der Waals surface area contributed by atoms with E-state index in [1.807, 2.05) is 6.07 Å². The molecule has 110 valence electrons. The van der Waals surface area contributed by atoms with Crippen LogP contribution < -0.4 is 10.2 Å². The standard InChI is InChI=1S/C14H13F3N4/c1-9(20-14(15,16)17)21(2)11-3-4-12-10(7-11)5-6-19-13(12)8-18/h3-7,9,20H,1-2H3/t9-/m1/s1. The van der Waals surface area contributed by atoms with E-state index < -0.39 is 12.5 Å². The second kappa shape index (κ2) is 5.58. The fraction of sp³-hybridized carbons (Fsp3) is 0.286. The first-order valence-corrected chi connectivity index (χ1v) is 6.18. The number of nitrogens with one attached hydrogen (secondary N) is 1. The Morgan fingerprint density at radius 3 is 2.67 bits per heavy atom. The molecule has 0 saturated heterocycles. The molecule has 0 saturated carbocycles. The third-order valence-corrected chi connectivity index (χ3v) is 3.21. The summed E-state index contributed by atoms with van der Waals surface area (Å²) in [6.07, 6.45) is -3.86. The van der Waals surface area contributed by atoms with Crippen LogP contribution in [0.2, 0.25) is 0 Å². The molecule has 0 radical (unpaired) electrons. The summed E-state index contributed by atoms with van der Waals surface area (Å²) in [6.45, 7) is 1.42. The van der Waals surface area contributed by atoms with Gasteiger partial charge < -0.3 is 4.90 Å². The molecule has 0 unspecified atom stereocenters. The highest BCUT2D eigenvalue weighted by Crippen LogP contribution is 2.24. The second-order valence-corrected chi connectivity index (χ2v) is 4.61. The summed E-state index contributed by atoms with van der Waals surface area (Å²) in [5, 5.41) is 12.0. The van der Waals surface area contributed by atoms with E-state index in [4.69, 9.17) is 5.26 Å². The second-order valence-electron chi connectivity index (χ2n) is 4.61. The van der Waals surface area contributed by atoms with Gasteiger partial charge in [-0.15, -0.1) is 0 Å². The highest BCUT2D eigenvalue weighted by molar-refractivity contribution is 5.89. The smallest absolute Gasteiger partial charge is 0.359 e. The Balaban J connectivity index is 2.33. The number of anilines is 1. The van der Waals surface area contributed by atoms with Gasteiger partial charge in [0.1, 0.15) is 11.8 Å². The van der Waals surface area contributed by atoms with Crippen LogP contribution in [-0.4, -0.2) is 24.5 Å². The third-order valence-electron chi connectivity index (χ3n) is 3.21. The van der Waals surface area contributed by atoms with Crippen LogP contribution in [-0.2, 0) is 0 Å². The lowest BCUT2D eigenvalue weighted by atomic mass is 10.1. The van der Waals surface area contributed by atoms with Crippen molar-refractivity contribution < 1.29 is 13.2 Å². The first-order chi connectivity index (χ1) is 9.81. The number of nitriles is 1. The zero-order valence-corrected chi connectivity index (χ0v) is 11.4. The van der Waals surface area contributed by atoms with Crippen LogP contribution in [0.3, 0.4) is 0 Å². The first-order valence-electron chi connectivity index (χ1n) is 6.18. The normalized spacial score (nSPS) is 13.0. The van der Waals surface area contributed by atoms with Crippen molar-refractivity contribution in [2.75, 3.05) is 11.9 Å². The van der Waals surface area contributed by atoms with Crippen molar-refractivity contribution in [1.82, 2.24) is 10.3 Å². The minimum absolute atomic E-state index is 0.295. The molecule has 0 fully saturated rings. The topological polar surface area (TPSA) is 52.0 Å². The lowest BCUT2D eigenvalue weighted by Crippen LogP contribution is -2.48. The molecule has 0 amide bonds. The Labute approximate surface area is 119 Å². The predicted molar refractivity (Wildman–Crippen MR) is 73.5 cm³/mol. The first kappa shape index (κ1) is 15.1. The Morgan fingerprint density at radius 2 is 2.05 bits per heavy atom. The number of halogens is 3. The van der Waals surface area contributed by atoms with Crippen LogP contribution in [0, 0.1) is 11.3 Å². The van der Waals surface area contributed by atoms with Crippen LogP contribution >= 0.6 is 0 Å². The molecule has 0 aliphatic rings. The molecule has 0 aliphatic carbocycles. The number of alkyl halides is 3. The van der Waals surface area contributed by atoms with Crippen molar-refractivity contribution >= 4 is 16.5 Å². The fourth-order valence-electron chi connectivity index (χ4n) is 2.03. The molecule has 7 heteroatoms. The van der Waals surface area contributed by atoms with Crippen molar-refractivity contribution in [2.24, 2.45) is 0 Å². The minimum atomic E-state index is -4.44. The van der Waals surface area contributed by atoms with Gasteiger partial charge in [0.05, 0.1) is 6.17 Å². The number of hydrogen-bond donors (Lipinski definition) is 1. The molecule has 1 N–H and O–H groups in total. The molecule has 1 aromatic heterocycles. The number of benzene rings is 1. The van der Waals surface area contributed by atoms with Gasteiger partial charge in [-0.25, -0.2) is 10.3 Å².